The van der Waals surface area contributed by atoms with Crippen LogP contribution < -0.4 is 5.73 Å². The summed E-state index contributed by atoms with van der Waals surface area (Å²) >= 11 is 0. The number of hydrogen-bond donors (Lipinski definition) is 2. The number of nitrogen functional groups attached to an aromatic ring is 1. The number of aliphatic hydroxyl groups is 1. The summed E-state index contributed by atoms with van der Waals surface area (Å²) in [6.07, 6.45) is 2.49. The molecule has 16 heavy (non-hydrogen) atoms. The number of halogens is 1. The van der Waals surface area contributed by atoms with Crippen LogP contribution in [0.2, 0.25) is 0 Å². The highest BCUT2D eigenvalue weighted by molar-refractivity contribution is 5.85. The summed E-state index contributed by atoms with van der Waals surface area (Å²) in [4.78, 5) is 3.95. The maximum Gasteiger partial charge on any atom is 0.108 e. The van der Waals surface area contributed by atoms with E-state index in [4.69, 9.17) is 5.73 Å². The van der Waals surface area contributed by atoms with Gasteiger partial charge >= 0.3 is 0 Å². The van der Waals surface area contributed by atoms with Crippen LogP contribution >= 0.6 is 12.4 Å². The molecule has 0 spiro atoms. The van der Waals surface area contributed by atoms with Crippen molar-refractivity contribution >= 4 is 18.1 Å². The van der Waals surface area contributed by atoms with E-state index in [0.29, 0.717) is 11.3 Å². The number of nitrogens with two attached hydrogens (primary N) is 1. The minimum absolute atomic E-state index is 0. The van der Waals surface area contributed by atoms with E-state index in [1.165, 1.54) is 0 Å². The molecular weight excluding hydrogens is 224 g/mol. The van der Waals surface area contributed by atoms with Crippen LogP contribution in [0.15, 0.2) is 48.8 Å². The fourth-order valence-electron chi connectivity index (χ4n) is 1.46. The Kier molecular flexibility index (Phi) is 4.28. The van der Waals surface area contributed by atoms with Crippen molar-refractivity contribution in [2.24, 2.45) is 0 Å². The van der Waals surface area contributed by atoms with Gasteiger partial charge in [0.25, 0.3) is 0 Å². The zero-order valence-electron chi connectivity index (χ0n) is 8.58. The van der Waals surface area contributed by atoms with E-state index < -0.39 is 6.10 Å². The van der Waals surface area contributed by atoms with Gasteiger partial charge in [-0.15, -0.1) is 12.4 Å². The lowest BCUT2D eigenvalue weighted by Crippen LogP contribution is -2.03. The van der Waals surface area contributed by atoms with Gasteiger partial charge in [0, 0.05) is 23.6 Å². The first-order valence-corrected chi connectivity index (χ1v) is 4.71. The molecule has 1 atom stereocenters. The zero-order valence-corrected chi connectivity index (χ0v) is 9.39. The molecule has 1 aromatic carbocycles. The lowest BCUT2D eigenvalue weighted by molar-refractivity contribution is 0.220. The Bertz CT molecular complexity index is 448. The molecule has 0 aliphatic rings. The quantitative estimate of drug-likeness (QED) is 0.840. The van der Waals surface area contributed by atoms with Crippen LogP contribution in [0, 0.1) is 0 Å². The molecule has 0 aliphatic heterocycles. The zero-order chi connectivity index (χ0) is 10.7. The van der Waals surface area contributed by atoms with Crippen LogP contribution in [0.25, 0.3) is 0 Å². The fraction of sp³-hybridized carbons (Fsp3) is 0.0833. The fourth-order valence-corrected chi connectivity index (χ4v) is 1.46. The number of benzene rings is 1. The van der Waals surface area contributed by atoms with Crippen molar-refractivity contribution in [1.82, 2.24) is 4.98 Å². The Morgan fingerprint density at radius 3 is 2.44 bits per heavy atom. The molecule has 1 unspecified atom stereocenters. The molecule has 1 heterocycles. The number of hydrogen-bond acceptors (Lipinski definition) is 3. The maximum absolute atomic E-state index is 10.1. The summed E-state index contributed by atoms with van der Waals surface area (Å²) in [5.41, 5.74) is 7.77. The predicted octanol–water partition coefficient (Wildman–Crippen LogP) is 2.17. The Labute approximate surface area is 100 Å². The second-order valence-electron chi connectivity index (χ2n) is 3.32. The number of anilines is 1. The summed E-state index contributed by atoms with van der Waals surface area (Å²) in [5, 5.41) is 10.1. The van der Waals surface area contributed by atoms with Gasteiger partial charge in [-0.2, -0.15) is 0 Å². The van der Waals surface area contributed by atoms with Gasteiger partial charge in [-0.05, 0) is 11.6 Å². The average Bonchev–Trinajstić information content (AvgIpc) is 2.30. The number of nitrogens with zero attached hydrogens (tertiary/aromatic N) is 1. The number of aromatic nitrogens is 1. The van der Waals surface area contributed by atoms with Gasteiger partial charge in [0.1, 0.15) is 6.10 Å². The smallest absolute Gasteiger partial charge is 0.108 e. The second-order valence-corrected chi connectivity index (χ2v) is 3.32. The predicted molar refractivity (Wildman–Crippen MR) is 66.4 cm³/mol. The van der Waals surface area contributed by atoms with Crippen molar-refractivity contribution in [1.29, 1.82) is 0 Å². The molecule has 3 nitrogen and oxygen atoms in total. The summed E-state index contributed by atoms with van der Waals surface area (Å²) in [5.74, 6) is 0. The Morgan fingerprint density at radius 2 is 1.81 bits per heavy atom. The van der Waals surface area contributed by atoms with Crippen LogP contribution in [0.1, 0.15) is 17.2 Å². The van der Waals surface area contributed by atoms with Crippen molar-refractivity contribution in [3.05, 3.63) is 59.9 Å². The SMILES string of the molecule is Cl.Nc1ccncc1C(O)c1ccccc1. The number of rotatable bonds is 2. The second kappa shape index (κ2) is 5.49. The highest BCUT2D eigenvalue weighted by Gasteiger charge is 2.12. The van der Waals surface area contributed by atoms with E-state index in [0.717, 1.165) is 5.56 Å². The van der Waals surface area contributed by atoms with Gasteiger partial charge in [-0.1, -0.05) is 30.3 Å². The van der Waals surface area contributed by atoms with Crippen LogP contribution in [0.3, 0.4) is 0 Å². The standard InChI is InChI=1S/C12H12N2O.ClH/c13-11-6-7-14-8-10(11)12(15)9-4-2-1-3-5-9;/h1-8,12,15H,(H2,13,14);1H. The molecule has 2 rings (SSSR count). The molecule has 0 saturated carbocycles. The van der Waals surface area contributed by atoms with Gasteiger partial charge in [-0.25, -0.2) is 0 Å². The molecule has 3 N–H and O–H groups in total. The van der Waals surface area contributed by atoms with E-state index in [9.17, 15) is 5.11 Å². The first-order valence-electron chi connectivity index (χ1n) is 4.71. The van der Waals surface area contributed by atoms with Crippen molar-refractivity contribution < 1.29 is 5.11 Å². The van der Waals surface area contributed by atoms with Crippen LogP contribution in [-0.2, 0) is 0 Å². The van der Waals surface area contributed by atoms with Crippen LogP contribution in [0.5, 0.6) is 0 Å². The van der Waals surface area contributed by atoms with E-state index in [-0.39, 0.29) is 12.4 Å². The van der Waals surface area contributed by atoms with Crippen molar-refractivity contribution in [3.8, 4) is 0 Å². The van der Waals surface area contributed by atoms with Crippen LogP contribution in [0.4, 0.5) is 5.69 Å². The monoisotopic (exact) mass is 236 g/mol. The third-order valence-corrected chi connectivity index (χ3v) is 2.30. The number of aliphatic hydroxyl groups excluding tert-OH is 1. The minimum Gasteiger partial charge on any atom is -0.398 e. The lowest BCUT2D eigenvalue weighted by Gasteiger charge is -2.12. The van der Waals surface area contributed by atoms with E-state index in [2.05, 4.69) is 4.98 Å². The van der Waals surface area contributed by atoms with Gasteiger partial charge < -0.3 is 10.8 Å². The van der Waals surface area contributed by atoms with Gasteiger partial charge in [-0.3, -0.25) is 4.98 Å². The molecule has 0 radical (unpaired) electrons. The molecule has 0 aliphatic carbocycles. The Balaban J connectivity index is 0.00000128. The molecule has 0 amide bonds. The molecule has 2 aromatic rings. The van der Waals surface area contributed by atoms with Gasteiger partial charge in [0.2, 0.25) is 0 Å². The first kappa shape index (κ1) is 12.5. The van der Waals surface area contributed by atoms with Crippen molar-refractivity contribution in [2.45, 2.75) is 6.10 Å². The molecule has 0 saturated heterocycles. The first-order chi connectivity index (χ1) is 7.29. The summed E-state index contributed by atoms with van der Waals surface area (Å²) in [6.45, 7) is 0. The number of pyridine rings is 1. The van der Waals surface area contributed by atoms with E-state index in [1.807, 2.05) is 30.3 Å². The topological polar surface area (TPSA) is 59.1 Å². The lowest BCUT2D eigenvalue weighted by atomic mass is 10.0. The van der Waals surface area contributed by atoms with Crippen LogP contribution in [-0.4, -0.2) is 10.1 Å². The van der Waals surface area contributed by atoms with Gasteiger partial charge in [0.15, 0.2) is 0 Å². The summed E-state index contributed by atoms with van der Waals surface area (Å²) in [6, 6.07) is 11.1. The minimum atomic E-state index is -0.708. The molecule has 0 fully saturated rings. The van der Waals surface area contributed by atoms with E-state index in [1.54, 1.807) is 18.5 Å². The molecule has 0 bridgehead atoms. The highest BCUT2D eigenvalue weighted by atomic mass is 35.5. The third-order valence-electron chi connectivity index (χ3n) is 2.30. The third kappa shape index (κ3) is 2.51. The van der Waals surface area contributed by atoms with Gasteiger partial charge in [0.05, 0.1) is 0 Å². The Hall–Kier alpha value is -1.58. The summed E-state index contributed by atoms with van der Waals surface area (Å²) < 4.78 is 0. The van der Waals surface area contributed by atoms with E-state index >= 15 is 0 Å². The Morgan fingerprint density at radius 1 is 1.12 bits per heavy atom. The maximum atomic E-state index is 10.1. The summed E-state index contributed by atoms with van der Waals surface area (Å²) in [7, 11) is 0. The molecule has 1 aromatic heterocycles. The normalized spacial score (nSPS) is 11.6. The molecule has 4 heteroatoms. The largest absolute Gasteiger partial charge is 0.398 e. The molecular formula is C12H13ClN2O. The van der Waals surface area contributed by atoms with Crippen molar-refractivity contribution in [3.63, 3.8) is 0 Å². The highest BCUT2D eigenvalue weighted by Crippen LogP contribution is 2.24. The average molecular weight is 237 g/mol. The van der Waals surface area contributed by atoms with Crippen molar-refractivity contribution in [2.75, 3.05) is 5.73 Å². The molecule has 84 valence electrons.